The van der Waals surface area contributed by atoms with Crippen LogP contribution in [0.2, 0.25) is 0 Å². The van der Waals surface area contributed by atoms with Crippen LogP contribution in [0.1, 0.15) is 42.6 Å². The first-order chi connectivity index (χ1) is 10.2. The second kappa shape index (κ2) is 9.66. The number of carbonyl (C=O) groups is 1. The lowest BCUT2D eigenvalue weighted by molar-refractivity contribution is 0.0955. The minimum Gasteiger partial charge on any atom is -0.357 e. The number of hydrogen-bond acceptors (Lipinski definition) is 2. The van der Waals surface area contributed by atoms with Crippen molar-refractivity contribution in [1.82, 2.24) is 16.0 Å². The Morgan fingerprint density at radius 3 is 2.59 bits per heavy atom. The van der Waals surface area contributed by atoms with E-state index in [1.807, 2.05) is 31.2 Å². The Morgan fingerprint density at radius 1 is 1.23 bits per heavy atom. The molecule has 2 rings (SSSR count). The van der Waals surface area contributed by atoms with Gasteiger partial charge in [-0.3, -0.25) is 4.79 Å². The van der Waals surface area contributed by atoms with Crippen LogP contribution < -0.4 is 16.0 Å². The maximum atomic E-state index is 11.8. The van der Waals surface area contributed by atoms with Gasteiger partial charge in [0.1, 0.15) is 0 Å². The molecule has 1 aromatic rings. The molecule has 6 heteroatoms. The zero-order chi connectivity index (χ0) is 15.1. The number of nitrogens with zero attached hydrogens (tertiary/aromatic N) is 1. The summed E-state index contributed by atoms with van der Waals surface area (Å²) in [6.07, 6.45) is 2.44. The Labute approximate surface area is 149 Å². The minimum absolute atomic E-state index is 0. The smallest absolute Gasteiger partial charge is 0.251 e. The van der Waals surface area contributed by atoms with Crippen molar-refractivity contribution in [3.63, 3.8) is 0 Å². The van der Waals surface area contributed by atoms with E-state index in [1.165, 1.54) is 12.8 Å². The Morgan fingerprint density at radius 2 is 1.95 bits per heavy atom. The SMILES string of the molecule is CCNC(=O)c1cccc(CN=C(NCC)NC2CC2)c1.I. The lowest BCUT2D eigenvalue weighted by atomic mass is 10.1. The van der Waals surface area contributed by atoms with Crippen LogP contribution >= 0.6 is 24.0 Å². The van der Waals surface area contributed by atoms with Crippen molar-refractivity contribution in [3.05, 3.63) is 35.4 Å². The number of hydrogen-bond donors (Lipinski definition) is 3. The summed E-state index contributed by atoms with van der Waals surface area (Å²) >= 11 is 0. The summed E-state index contributed by atoms with van der Waals surface area (Å²) in [4.78, 5) is 16.4. The molecule has 3 N–H and O–H groups in total. The van der Waals surface area contributed by atoms with Gasteiger partial charge in [0.15, 0.2) is 5.96 Å². The molecular formula is C16H25IN4O. The molecule has 0 radical (unpaired) electrons. The molecule has 5 nitrogen and oxygen atoms in total. The van der Waals surface area contributed by atoms with Crippen LogP contribution in [0.4, 0.5) is 0 Å². The van der Waals surface area contributed by atoms with Crippen LogP contribution in [0.15, 0.2) is 29.3 Å². The fourth-order valence-corrected chi connectivity index (χ4v) is 1.98. The first-order valence-electron chi connectivity index (χ1n) is 7.65. The number of aliphatic imine (C=N–C) groups is 1. The first-order valence-corrected chi connectivity index (χ1v) is 7.65. The Kier molecular flexibility index (Phi) is 8.22. The van der Waals surface area contributed by atoms with Gasteiger partial charge in [0.2, 0.25) is 0 Å². The van der Waals surface area contributed by atoms with E-state index in [0.717, 1.165) is 18.1 Å². The van der Waals surface area contributed by atoms with Crippen LogP contribution in [0.5, 0.6) is 0 Å². The lowest BCUT2D eigenvalue weighted by Crippen LogP contribution is -2.38. The van der Waals surface area contributed by atoms with Crippen molar-refractivity contribution < 1.29 is 4.79 Å². The van der Waals surface area contributed by atoms with Crippen molar-refractivity contribution in [1.29, 1.82) is 0 Å². The van der Waals surface area contributed by atoms with Gasteiger partial charge >= 0.3 is 0 Å². The highest BCUT2D eigenvalue weighted by atomic mass is 127. The highest BCUT2D eigenvalue weighted by molar-refractivity contribution is 14.0. The van der Waals surface area contributed by atoms with Crippen LogP contribution in [-0.4, -0.2) is 31.0 Å². The summed E-state index contributed by atoms with van der Waals surface area (Å²) < 4.78 is 0. The minimum atomic E-state index is -0.0358. The molecule has 22 heavy (non-hydrogen) atoms. The van der Waals surface area contributed by atoms with E-state index in [4.69, 9.17) is 0 Å². The highest BCUT2D eigenvalue weighted by Crippen LogP contribution is 2.18. The van der Waals surface area contributed by atoms with Crippen LogP contribution in [0.3, 0.4) is 0 Å². The monoisotopic (exact) mass is 416 g/mol. The van der Waals surface area contributed by atoms with E-state index in [-0.39, 0.29) is 29.9 Å². The molecule has 1 saturated carbocycles. The van der Waals surface area contributed by atoms with Crippen molar-refractivity contribution >= 4 is 35.8 Å². The molecule has 0 spiro atoms. The quantitative estimate of drug-likeness (QED) is 0.379. The highest BCUT2D eigenvalue weighted by Gasteiger charge is 2.22. The molecule has 1 aromatic carbocycles. The number of guanidine groups is 1. The molecule has 0 aliphatic heterocycles. The molecule has 1 amide bonds. The largest absolute Gasteiger partial charge is 0.357 e. The molecule has 0 unspecified atom stereocenters. The summed E-state index contributed by atoms with van der Waals surface area (Å²) in [7, 11) is 0. The molecule has 0 saturated heterocycles. The topological polar surface area (TPSA) is 65.5 Å². The van der Waals surface area contributed by atoms with Gasteiger partial charge in [-0.15, -0.1) is 24.0 Å². The van der Waals surface area contributed by atoms with Crippen molar-refractivity contribution in [2.24, 2.45) is 4.99 Å². The van der Waals surface area contributed by atoms with Gasteiger partial charge in [-0.1, -0.05) is 12.1 Å². The molecule has 0 aromatic heterocycles. The fourth-order valence-electron chi connectivity index (χ4n) is 1.98. The number of rotatable bonds is 6. The molecule has 0 heterocycles. The van der Waals surface area contributed by atoms with Gasteiger partial charge in [0.25, 0.3) is 5.91 Å². The number of carbonyl (C=O) groups excluding carboxylic acids is 1. The lowest BCUT2D eigenvalue weighted by Gasteiger charge is -2.10. The van der Waals surface area contributed by atoms with Crippen molar-refractivity contribution in [3.8, 4) is 0 Å². The maximum Gasteiger partial charge on any atom is 0.251 e. The van der Waals surface area contributed by atoms with Crippen molar-refractivity contribution in [2.45, 2.75) is 39.3 Å². The third kappa shape index (κ3) is 6.21. The van der Waals surface area contributed by atoms with Gasteiger partial charge in [-0.05, 0) is 44.4 Å². The second-order valence-corrected chi connectivity index (χ2v) is 5.17. The molecule has 0 atom stereocenters. The van der Waals surface area contributed by atoms with Crippen molar-refractivity contribution in [2.75, 3.05) is 13.1 Å². The zero-order valence-corrected chi connectivity index (χ0v) is 15.5. The Balaban J connectivity index is 0.00000242. The summed E-state index contributed by atoms with van der Waals surface area (Å²) in [5.74, 6) is 0.815. The molecule has 1 aliphatic carbocycles. The van der Waals surface area contributed by atoms with E-state index in [2.05, 4.69) is 27.9 Å². The Hall–Kier alpha value is -1.31. The van der Waals surface area contributed by atoms with E-state index < -0.39 is 0 Å². The third-order valence-corrected chi connectivity index (χ3v) is 3.21. The predicted octanol–water partition coefficient (Wildman–Crippen LogP) is 2.27. The van der Waals surface area contributed by atoms with Gasteiger partial charge in [0.05, 0.1) is 6.54 Å². The van der Waals surface area contributed by atoms with Gasteiger partial charge in [0, 0.05) is 24.7 Å². The normalized spacial score (nSPS) is 14.0. The van der Waals surface area contributed by atoms with E-state index >= 15 is 0 Å². The summed E-state index contributed by atoms with van der Waals surface area (Å²) in [5.41, 5.74) is 1.72. The molecular weight excluding hydrogens is 391 g/mol. The van der Waals surface area contributed by atoms with Gasteiger partial charge < -0.3 is 16.0 Å². The second-order valence-electron chi connectivity index (χ2n) is 5.17. The number of benzene rings is 1. The fraction of sp³-hybridized carbons (Fsp3) is 0.500. The van der Waals surface area contributed by atoms with Crippen LogP contribution in [-0.2, 0) is 6.54 Å². The first kappa shape index (κ1) is 18.7. The Bertz CT molecular complexity index is 515. The summed E-state index contributed by atoms with van der Waals surface area (Å²) in [6, 6.07) is 8.19. The van der Waals surface area contributed by atoms with Gasteiger partial charge in [-0.2, -0.15) is 0 Å². The van der Waals surface area contributed by atoms with Gasteiger partial charge in [-0.25, -0.2) is 4.99 Å². The average molecular weight is 416 g/mol. The van der Waals surface area contributed by atoms with E-state index in [1.54, 1.807) is 0 Å². The summed E-state index contributed by atoms with van der Waals surface area (Å²) in [6.45, 7) is 6.02. The number of nitrogens with one attached hydrogen (secondary N) is 3. The van der Waals surface area contributed by atoms with E-state index in [0.29, 0.717) is 24.7 Å². The number of amides is 1. The standard InChI is InChI=1S/C16H24N4O.HI/c1-3-17-15(21)13-7-5-6-12(10-13)11-19-16(18-4-2)20-14-8-9-14;/h5-7,10,14H,3-4,8-9,11H2,1-2H3,(H,17,21)(H2,18,19,20);1H. The molecule has 1 aliphatic rings. The van der Waals surface area contributed by atoms with Crippen LogP contribution in [0, 0.1) is 0 Å². The molecule has 0 bridgehead atoms. The zero-order valence-electron chi connectivity index (χ0n) is 13.2. The van der Waals surface area contributed by atoms with Crippen LogP contribution in [0.25, 0.3) is 0 Å². The average Bonchev–Trinajstić information content (AvgIpc) is 3.30. The number of halogens is 1. The summed E-state index contributed by atoms with van der Waals surface area (Å²) in [5, 5.41) is 9.43. The molecule has 122 valence electrons. The molecule has 1 fully saturated rings. The van der Waals surface area contributed by atoms with E-state index in [9.17, 15) is 4.79 Å². The predicted molar refractivity (Wildman–Crippen MR) is 101 cm³/mol. The maximum absolute atomic E-state index is 11.8. The third-order valence-electron chi connectivity index (χ3n) is 3.21.